The first kappa shape index (κ1) is 13.5. The highest BCUT2D eigenvalue weighted by molar-refractivity contribution is 6.35. The molecule has 94 valence electrons. The highest BCUT2D eigenvalue weighted by Crippen LogP contribution is 2.24. The summed E-state index contributed by atoms with van der Waals surface area (Å²) in [6.07, 6.45) is 3.47. The van der Waals surface area contributed by atoms with E-state index >= 15 is 0 Å². The zero-order valence-electron chi connectivity index (χ0n) is 9.48. The number of nitrogen functional groups attached to an aromatic ring is 1. The molecule has 0 saturated carbocycles. The van der Waals surface area contributed by atoms with E-state index in [2.05, 4.69) is 15.3 Å². The molecule has 0 spiro atoms. The number of hydrogen-bond donors (Lipinski definition) is 3. The van der Waals surface area contributed by atoms with Crippen molar-refractivity contribution in [3.8, 4) is 0 Å². The van der Waals surface area contributed by atoms with Crippen LogP contribution in [0.1, 0.15) is 26.2 Å². The summed E-state index contributed by atoms with van der Waals surface area (Å²) in [7, 11) is 0. The van der Waals surface area contributed by atoms with Crippen LogP contribution in [-0.2, 0) is 4.79 Å². The number of halogens is 1. The zero-order chi connectivity index (χ0) is 12.8. The van der Waals surface area contributed by atoms with Crippen molar-refractivity contribution in [2.24, 2.45) is 0 Å². The van der Waals surface area contributed by atoms with Crippen LogP contribution in [0.3, 0.4) is 0 Å². The summed E-state index contributed by atoms with van der Waals surface area (Å²) in [6, 6.07) is -0.721. The maximum absolute atomic E-state index is 11.0. The van der Waals surface area contributed by atoms with E-state index in [1.807, 2.05) is 6.92 Å². The SMILES string of the molecule is CCCC[C@H](Nc1ncnc(N)c1Cl)C(=O)O. The second kappa shape index (κ2) is 6.24. The molecule has 0 unspecified atom stereocenters. The molecular formula is C10H15ClN4O2. The lowest BCUT2D eigenvalue weighted by Crippen LogP contribution is -2.29. The van der Waals surface area contributed by atoms with Crippen molar-refractivity contribution in [2.45, 2.75) is 32.2 Å². The predicted octanol–water partition coefficient (Wildman–Crippen LogP) is 1.77. The molecule has 1 aromatic heterocycles. The molecule has 1 heterocycles. The smallest absolute Gasteiger partial charge is 0.326 e. The van der Waals surface area contributed by atoms with Gasteiger partial charge in [0.05, 0.1) is 0 Å². The van der Waals surface area contributed by atoms with Crippen LogP contribution >= 0.6 is 11.6 Å². The molecule has 4 N–H and O–H groups in total. The lowest BCUT2D eigenvalue weighted by molar-refractivity contribution is -0.138. The van der Waals surface area contributed by atoms with Gasteiger partial charge in [0.1, 0.15) is 23.2 Å². The standard InChI is InChI=1S/C10H15ClN4O2/c1-2-3-4-6(10(16)17)15-9-7(11)8(12)13-5-14-9/h5-6H,2-4H2,1H3,(H,16,17)(H3,12,13,14,15)/t6-/m0/s1. The molecule has 0 amide bonds. The number of aliphatic carboxylic acids is 1. The Morgan fingerprint density at radius 2 is 2.35 bits per heavy atom. The summed E-state index contributed by atoms with van der Waals surface area (Å²) in [6.45, 7) is 1.99. The highest BCUT2D eigenvalue weighted by atomic mass is 35.5. The van der Waals surface area contributed by atoms with E-state index in [1.54, 1.807) is 0 Å². The van der Waals surface area contributed by atoms with Gasteiger partial charge in [-0.15, -0.1) is 0 Å². The molecule has 0 aromatic carbocycles. The fourth-order valence-electron chi connectivity index (χ4n) is 1.31. The number of aromatic nitrogens is 2. The molecular weight excluding hydrogens is 244 g/mol. The Hall–Kier alpha value is -1.56. The largest absolute Gasteiger partial charge is 0.480 e. The van der Waals surface area contributed by atoms with Crippen LogP contribution in [0.2, 0.25) is 5.02 Å². The second-order valence-electron chi connectivity index (χ2n) is 3.60. The van der Waals surface area contributed by atoms with Gasteiger partial charge in [-0.1, -0.05) is 31.4 Å². The fraction of sp³-hybridized carbons (Fsp3) is 0.500. The van der Waals surface area contributed by atoms with Gasteiger partial charge >= 0.3 is 5.97 Å². The van der Waals surface area contributed by atoms with Gasteiger partial charge in [0.25, 0.3) is 0 Å². The van der Waals surface area contributed by atoms with E-state index < -0.39 is 12.0 Å². The number of carbonyl (C=O) groups is 1. The normalized spacial score (nSPS) is 12.1. The number of nitrogens with zero attached hydrogens (tertiary/aromatic N) is 2. The number of hydrogen-bond acceptors (Lipinski definition) is 5. The van der Waals surface area contributed by atoms with Crippen LogP contribution in [0.15, 0.2) is 6.33 Å². The summed E-state index contributed by atoms with van der Waals surface area (Å²) >= 11 is 5.87. The molecule has 0 fully saturated rings. The van der Waals surface area contributed by atoms with E-state index in [0.717, 1.165) is 12.8 Å². The second-order valence-corrected chi connectivity index (χ2v) is 3.98. The first-order valence-corrected chi connectivity index (χ1v) is 5.69. The van der Waals surface area contributed by atoms with Gasteiger partial charge in [0.2, 0.25) is 0 Å². The highest BCUT2D eigenvalue weighted by Gasteiger charge is 2.19. The summed E-state index contributed by atoms with van der Waals surface area (Å²) in [5, 5.41) is 11.9. The molecule has 7 heteroatoms. The third-order valence-corrected chi connectivity index (χ3v) is 2.64. The maximum Gasteiger partial charge on any atom is 0.326 e. The number of unbranched alkanes of at least 4 members (excludes halogenated alkanes) is 1. The molecule has 1 aromatic rings. The minimum Gasteiger partial charge on any atom is -0.480 e. The van der Waals surface area contributed by atoms with Crippen molar-refractivity contribution >= 4 is 29.2 Å². The van der Waals surface area contributed by atoms with Crippen molar-refractivity contribution in [2.75, 3.05) is 11.1 Å². The summed E-state index contributed by atoms with van der Waals surface area (Å²) in [5.74, 6) is -0.557. The molecule has 0 radical (unpaired) electrons. The quantitative estimate of drug-likeness (QED) is 0.719. The summed E-state index contributed by atoms with van der Waals surface area (Å²) in [5.41, 5.74) is 5.50. The maximum atomic E-state index is 11.0. The Bertz CT molecular complexity index is 400. The van der Waals surface area contributed by atoms with Crippen LogP contribution in [-0.4, -0.2) is 27.1 Å². The molecule has 17 heavy (non-hydrogen) atoms. The van der Waals surface area contributed by atoms with Crippen molar-refractivity contribution in [1.82, 2.24) is 9.97 Å². The van der Waals surface area contributed by atoms with E-state index in [-0.39, 0.29) is 16.7 Å². The number of carboxylic acids is 1. The number of carboxylic acid groups (broad SMARTS) is 1. The average Bonchev–Trinajstić information content (AvgIpc) is 2.29. The average molecular weight is 259 g/mol. The minimum absolute atomic E-state index is 0.129. The van der Waals surface area contributed by atoms with Gasteiger partial charge in [0.15, 0.2) is 5.82 Å². The van der Waals surface area contributed by atoms with Crippen LogP contribution in [0.4, 0.5) is 11.6 Å². The monoisotopic (exact) mass is 258 g/mol. The molecule has 0 aliphatic rings. The van der Waals surface area contributed by atoms with Gasteiger partial charge < -0.3 is 16.2 Å². The molecule has 1 atom stereocenters. The first-order chi connectivity index (χ1) is 8.06. The van der Waals surface area contributed by atoms with E-state index in [1.165, 1.54) is 6.33 Å². The fourth-order valence-corrected chi connectivity index (χ4v) is 1.47. The topological polar surface area (TPSA) is 101 Å². The first-order valence-electron chi connectivity index (χ1n) is 5.31. The van der Waals surface area contributed by atoms with Gasteiger partial charge in [-0.2, -0.15) is 0 Å². The van der Waals surface area contributed by atoms with Crippen molar-refractivity contribution in [1.29, 1.82) is 0 Å². The molecule has 0 aliphatic carbocycles. The Morgan fingerprint density at radius 1 is 1.65 bits per heavy atom. The lowest BCUT2D eigenvalue weighted by atomic mass is 10.1. The molecule has 6 nitrogen and oxygen atoms in total. The van der Waals surface area contributed by atoms with E-state index in [0.29, 0.717) is 6.42 Å². The van der Waals surface area contributed by atoms with Crippen LogP contribution in [0, 0.1) is 0 Å². The van der Waals surface area contributed by atoms with E-state index in [9.17, 15) is 4.79 Å². The Morgan fingerprint density at radius 3 is 2.94 bits per heavy atom. The van der Waals surface area contributed by atoms with Crippen molar-refractivity contribution in [3.05, 3.63) is 11.3 Å². The third-order valence-electron chi connectivity index (χ3n) is 2.27. The Balaban J connectivity index is 2.78. The van der Waals surface area contributed by atoms with Crippen molar-refractivity contribution < 1.29 is 9.90 Å². The van der Waals surface area contributed by atoms with E-state index in [4.69, 9.17) is 22.4 Å². The van der Waals surface area contributed by atoms with Gasteiger partial charge in [0, 0.05) is 0 Å². The lowest BCUT2D eigenvalue weighted by Gasteiger charge is -2.15. The molecule has 0 saturated heterocycles. The van der Waals surface area contributed by atoms with Crippen LogP contribution in [0.25, 0.3) is 0 Å². The van der Waals surface area contributed by atoms with Crippen molar-refractivity contribution in [3.63, 3.8) is 0 Å². The molecule has 0 bridgehead atoms. The molecule has 1 rings (SSSR count). The van der Waals surface area contributed by atoms with Crippen LogP contribution < -0.4 is 11.1 Å². The summed E-state index contributed by atoms with van der Waals surface area (Å²) in [4.78, 5) is 18.6. The Kier molecular flexibility index (Phi) is 4.96. The molecule has 0 aliphatic heterocycles. The number of nitrogens with two attached hydrogens (primary N) is 1. The van der Waals surface area contributed by atoms with Gasteiger partial charge in [-0.05, 0) is 6.42 Å². The van der Waals surface area contributed by atoms with Gasteiger partial charge in [-0.25, -0.2) is 14.8 Å². The number of nitrogens with one attached hydrogen (secondary N) is 1. The minimum atomic E-state index is -0.938. The zero-order valence-corrected chi connectivity index (χ0v) is 10.2. The third kappa shape index (κ3) is 3.74. The Labute approximate surface area is 104 Å². The summed E-state index contributed by atoms with van der Waals surface area (Å²) < 4.78 is 0. The van der Waals surface area contributed by atoms with Gasteiger partial charge in [-0.3, -0.25) is 0 Å². The number of anilines is 2. The predicted molar refractivity (Wildman–Crippen MR) is 66.0 cm³/mol. The van der Waals surface area contributed by atoms with Crippen LogP contribution in [0.5, 0.6) is 0 Å². The number of rotatable bonds is 6.